The van der Waals surface area contributed by atoms with Crippen LogP contribution in [0.5, 0.6) is 0 Å². The van der Waals surface area contributed by atoms with Gasteiger partial charge in [0.25, 0.3) is 0 Å². The molecule has 5 nitrogen and oxygen atoms in total. The number of anilines is 1. The van der Waals surface area contributed by atoms with Crippen LogP contribution < -0.4 is 10.6 Å². The molecule has 1 aliphatic rings. The molecule has 0 bridgehead atoms. The van der Waals surface area contributed by atoms with Crippen LogP contribution in [0.1, 0.15) is 43.9 Å². The van der Waals surface area contributed by atoms with Crippen molar-refractivity contribution < 1.29 is 9.59 Å². The topological polar surface area (TPSA) is 71.1 Å². The van der Waals surface area contributed by atoms with Crippen LogP contribution in [0.15, 0.2) is 53.9 Å². The molecule has 3 aromatic rings. The zero-order valence-corrected chi connectivity index (χ0v) is 18.3. The third-order valence-corrected chi connectivity index (χ3v) is 6.41. The summed E-state index contributed by atoms with van der Waals surface area (Å²) in [4.78, 5) is 28.8. The normalized spacial score (nSPS) is 15.3. The molecule has 4 rings (SSSR count). The maximum Gasteiger partial charge on any atom is 0.236 e. The first-order valence-electron chi connectivity index (χ1n) is 9.78. The molecule has 0 aliphatic heterocycles. The van der Waals surface area contributed by atoms with Crippen LogP contribution >= 0.6 is 22.9 Å². The molecule has 2 N–H and O–H groups in total. The quantitative estimate of drug-likeness (QED) is 0.545. The van der Waals surface area contributed by atoms with Crippen molar-refractivity contribution in [3.63, 3.8) is 0 Å². The second kappa shape index (κ2) is 8.20. The fourth-order valence-electron chi connectivity index (χ4n) is 3.57. The van der Waals surface area contributed by atoms with Crippen LogP contribution in [0, 0.1) is 0 Å². The van der Waals surface area contributed by atoms with Crippen molar-refractivity contribution in [2.45, 2.75) is 38.1 Å². The van der Waals surface area contributed by atoms with E-state index < -0.39 is 5.41 Å². The van der Waals surface area contributed by atoms with Gasteiger partial charge in [-0.3, -0.25) is 9.59 Å². The molecule has 1 fully saturated rings. The zero-order chi connectivity index (χ0) is 21.3. The number of benzene rings is 2. The second-order valence-electron chi connectivity index (χ2n) is 7.63. The van der Waals surface area contributed by atoms with Crippen molar-refractivity contribution in [2.75, 3.05) is 5.32 Å². The van der Waals surface area contributed by atoms with Crippen LogP contribution in [-0.2, 0) is 15.0 Å². The summed E-state index contributed by atoms with van der Waals surface area (Å²) in [6.07, 6.45) is 1.62. The highest BCUT2D eigenvalue weighted by atomic mass is 35.5. The Labute approximate surface area is 184 Å². The number of hydrogen-bond donors (Lipinski definition) is 2. The fraction of sp³-hybridized carbons (Fsp3) is 0.261. The Morgan fingerprint density at radius 2 is 1.90 bits per heavy atom. The van der Waals surface area contributed by atoms with Gasteiger partial charge in [0, 0.05) is 22.9 Å². The number of nitrogens with zero attached hydrogens (tertiary/aromatic N) is 1. The number of thiazole rings is 1. The van der Waals surface area contributed by atoms with Crippen LogP contribution in [0.25, 0.3) is 11.3 Å². The number of carbonyl (C=O) groups excluding carboxylic acids is 2. The Morgan fingerprint density at radius 3 is 2.53 bits per heavy atom. The van der Waals surface area contributed by atoms with Gasteiger partial charge in [-0.15, -0.1) is 11.3 Å². The van der Waals surface area contributed by atoms with Gasteiger partial charge in [-0.1, -0.05) is 48.0 Å². The molecule has 1 unspecified atom stereocenters. The monoisotopic (exact) mass is 439 g/mol. The minimum Gasteiger partial charge on any atom is -0.350 e. The molecule has 0 spiro atoms. The van der Waals surface area contributed by atoms with E-state index in [0.717, 1.165) is 35.2 Å². The maximum absolute atomic E-state index is 12.9. The van der Waals surface area contributed by atoms with E-state index in [0.29, 0.717) is 10.2 Å². The van der Waals surface area contributed by atoms with Crippen LogP contribution in [-0.4, -0.2) is 16.8 Å². The van der Waals surface area contributed by atoms with Gasteiger partial charge in [-0.2, -0.15) is 0 Å². The number of hydrogen-bond acceptors (Lipinski definition) is 4. The predicted molar refractivity (Wildman–Crippen MR) is 121 cm³/mol. The van der Waals surface area contributed by atoms with Gasteiger partial charge in [0.2, 0.25) is 11.8 Å². The van der Waals surface area contributed by atoms with Crippen molar-refractivity contribution in [1.29, 1.82) is 0 Å². The fourth-order valence-corrected chi connectivity index (χ4v) is 4.47. The van der Waals surface area contributed by atoms with Crippen molar-refractivity contribution in [3.8, 4) is 11.3 Å². The van der Waals surface area contributed by atoms with E-state index in [1.54, 1.807) is 0 Å². The van der Waals surface area contributed by atoms with E-state index in [-0.39, 0.29) is 17.9 Å². The Balaban J connectivity index is 1.46. The van der Waals surface area contributed by atoms with Crippen LogP contribution in [0.4, 0.5) is 5.13 Å². The lowest BCUT2D eigenvalue weighted by atomic mass is 9.95. The minimum atomic E-state index is -0.502. The molecule has 154 valence electrons. The lowest BCUT2D eigenvalue weighted by molar-refractivity contribution is -0.120. The molecule has 1 atom stereocenters. The van der Waals surface area contributed by atoms with Crippen LogP contribution in [0.3, 0.4) is 0 Å². The summed E-state index contributed by atoms with van der Waals surface area (Å²) < 4.78 is 0. The molecular formula is C23H22ClN3O2S. The van der Waals surface area contributed by atoms with E-state index in [4.69, 9.17) is 11.6 Å². The van der Waals surface area contributed by atoms with Crippen LogP contribution in [0.2, 0.25) is 5.02 Å². The summed E-state index contributed by atoms with van der Waals surface area (Å²) in [7, 11) is 0. The Hall–Kier alpha value is -2.70. The Kier molecular flexibility index (Phi) is 5.62. The van der Waals surface area contributed by atoms with Gasteiger partial charge in [-0.25, -0.2) is 4.98 Å². The first-order chi connectivity index (χ1) is 14.4. The maximum atomic E-state index is 12.9. The number of amides is 2. The number of aromatic nitrogens is 1. The standard InChI is InChI=1S/C23H22ClN3O2S/c1-14(25-15(2)28)16-6-8-17(9-7-16)20-13-30-22(26-20)27-21(29)23(10-11-23)18-4-3-5-19(24)12-18/h3-9,12-14H,10-11H2,1-2H3,(H,25,28)(H,26,27,29). The van der Waals surface area contributed by atoms with E-state index in [1.165, 1.54) is 18.3 Å². The highest BCUT2D eigenvalue weighted by molar-refractivity contribution is 7.14. The molecule has 0 saturated heterocycles. The summed E-state index contributed by atoms with van der Waals surface area (Å²) in [6, 6.07) is 15.4. The lowest BCUT2D eigenvalue weighted by Gasteiger charge is -2.14. The molecule has 1 saturated carbocycles. The summed E-state index contributed by atoms with van der Waals surface area (Å²) in [5.41, 5.74) is 3.24. The zero-order valence-electron chi connectivity index (χ0n) is 16.7. The van der Waals surface area contributed by atoms with Crippen molar-refractivity contribution in [1.82, 2.24) is 10.3 Å². The molecule has 0 radical (unpaired) electrons. The van der Waals surface area contributed by atoms with Gasteiger partial charge in [0.05, 0.1) is 17.2 Å². The molecule has 30 heavy (non-hydrogen) atoms. The largest absolute Gasteiger partial charge is 0.350 e. The van der Waals surface area contributed by atoms with Gasteiger partial charge < -0.3 is 10.6 Å². The highest BCUT2D eigenvalue weighted by Crippen LogP contribution is 2.49. The second-order valence-corrected chi connectivity index (χ2v) is 8.92. The first kappa shape index (κ1) is 20.6. The van der Waals surface area contributed by atoms with Crippen molar-refractivity contribution in [3.05, 3.63) is 70.1 Å². The van der Waals surface area contributed by atoms with Gasteiger partial charge in [0.1, 0.15) is 0 Å². The third kappa shape index (κ3) is 4.25. The van der Waals surface area contributed by atoms with Crippen molar-refractivity contribution >= 4 is 39.9 Å². The molecule has 1 aliphatic carbocycles. The Morgan fingerprint density at radius 1 is 1.17 bits per heavy atom. The average molecular weight is 440 g/mol. The first-order valence-corrected chi connectivity index (χ1v) is 11.0. The van der Waals surface area contributed by atoms with Gasteiger partial charge >= 0.3 is 0 Å². The van der Waals surface area contributed by atoms with Crippen molar-refractivity contribution in [2.24, 2.45) is 0 Å². The number of nitrogens with one attached hydrogen (secondary N) is 2. The molecule has 2 aromatic carbocycles. The molecule has 1 aromatic heterocycles. The van der Waals surface area contributed by atoms with Gasteiger partial charge in [-0.05, 0) is 43.0 Å². The summed E-state index contributed by atoms with van der Waals surface area (Å²) >= 11 is 7.52. The molecule has 7 heteroatoms. The smallest absolute Gasteiger partial charge is 0.236 e. The summed E-state index contributed by atoms with van der Waals surface area (Å²) in [5.74, 6) is -0.0946. The minimum absolute atomic E-state index is 0.0369. The third-order valence-electron chi connectivity index (χ3n) is 5.41. The van der Waals surface area contributed by atoms with E-state index >= 15 is 0 Å². The van der Waals surface area contributed by atoms with E-state index in [9.17, 15) is 9.59 Å². The Bertz CT molecular complexity index is 1090. The SMILES string of the molecule is CC(=O)NC(C)c1ccc(-c2csc(NC(=O)C3(c4cccc(Cl)c4)CC3)n2)cc1. The predicted octanol–water partition coefficient (Wildman–Crippen LogP) is 5.33. The average Bonchev–Trinajstić information content (AvgIpc) is 3.41. The lowest BCUT2D eigenvalue weighted by Crippen LogP contribution is -2.27. The van der Waals surface area contributed by atoms with E-state index in [1.807, 2.05) is 60.8 Å². The molecular weight excluding hydrogens is 418 g/mol. The number of carbonyl (C=O) groups is 2. The summed E-state index contributed by atoms with van der Waals surface area (Å²) in [6.45, 7) is 3.45. The molecule has 1 heterocycles. The van der Waals surface area contributed by atoms with E-state index in [2.05, 4.69) is 15.6 Å². The summed E-state index contributed by atoms with van der Waals surface area (Å²) in [5, 5.41) is 9.01. The number of rotatable bonds is 6. The van der Waals surface area contributed by atoms with Gasteiger partial charge in [0.15, 0.2) is 5.13 Å². The number of halogens is 1. The highest BCUT2D eigenvalue weighted by Gasteiger charge is 2.51. The molecule has 2 amide bonds.